The summed E-state index contributed by atoms with van der Waals surface area (Å²) in [6.07, 6.45) is 0.865. The lowest BCUT2D eigenvalue weighted by molar-refractivity contribution is -0.146. The van der Waals surface area contributed by atoms with Crippen molar-refractivity contribution >= 4 is 11.7 Å². The highest BCUT2D eigenvalue weighted by Gasteiger charge is 2.05. The first-order chi connectivity index (χ1) is 8.08. The van der Waals surface area contributed by atoms with Gasteiger partial charge < -0.3 is 15.2 Å². The number of hydrogen-bond acceptors (Lipinski definition) is 4. The van der Waals surface area contributed by atoms with Gasteiger partial charge in [-0.25, -0.2) is 4.79 Å². The van der Waals surface area contributed by atoms with E-state index in [1.54, 1.807) is 24.3 Å². The number of nitrogens with two attached hydrogens (primary N) is 1. The predicted octanol–water partition coefficient (Wildman–Crippen LogP) is 2.24. The normalized spacial score (nSPS) is 10.3. The zero-order chi connectivity index (χ0) is 12.7. The van der Waals surface area contributed by atoms with Gasteiger partial charge in [-0.2, -0.15) is 0 Å². The molecular formula is C13H19NO3. The van der Waals surface area contributed by atoms with E-state index < -0.39 is 0 Å². The summed E-state index contributed by atoms with van der Waals surface area (Å²) in [6.45, 7) is 4.52. The van der Waals surface area contributed by atoms with Crippen LogP contribution in [0.1, 0.15) is 20.3 Å². The summed E-state index contributed by atoms with van der Waals surface area (Å²) < 4.78 is 10.3. The Labute approximate surface area is 102 Å². The molecular weight excluding hydrogens is 218 g/mol. The van der Waals surface area contributed by atoms with E-state index in [-0.39, 0.29) is 12.6 Å². The number of rotatable bonds is 6. The molecule has 0 unspecified atom stereocenters. The highest BCUT2D eigenvalue weighted by molar-refractivity contribution is 5.71. The highest BCUT2D eigenvalue weighted by atomic mass is 16.6. The van der Waals surface area contributed by atoms with Crippen LogP contribution in [0.5, 0.6) is 5.75 Å². The van der Waals surface area contributed by atoms with E-state index in [1.165, 1.54) is 0 Å². The number of benzene rings is 1. The number of ether oxygens (including phenoxy) is 2. The van der Waals surface area contributed by atoms with Crippen LogP contribution in [0.2, 0.25) is 0 Å². The molecule has 1 aromatic carbocycles. The average Bonchev–Trinajstić information content (AvgIpc) is 2.26. The molecule has 0 radical (unpaired) electrons. The molecule has 0 fully saturated rings. The molecule has 0 aliphatic carbocycles. The van der Waals surface area contributed by atoms with Crippen LogP contribution in [0, 0.1) is 5.92 Å². The number of esters is 1. The van der Waals surface area contributed by atoms with Crippen LogP contribution >= 0.6 is 0 Å². The molecule has 4 heteroatoms. The lowest BCUT2D eigenvalue weighted by Crippen LogP contribution is -2.16. The van der Waals surface area contributed by atoms with Crippen LogP contribution in [-0.4, -0.2) is 19.2 Å². The van der Waals surface area contributed by atoms with E-state index in [0.717, 1.165) is 6.42 Å². The van der Waals surface area contributed by atoms with Crippen LogP contribution < -0.4 is 10.5 Å². The van der Waals surface area contributed by atoms with Crippen molar-refractivity contribution in [1.82, 2.24) is 0 Å². The Morgan fingerprint density at radius 3 is 2.82 bits per heavy atom. The fraction of sp³-hybridized carbons (Fsp3) is 0.462. The standard InChI is InChI=1S/C13H19NO3/c1-10(2)6-7-16-13(15)9-17-12-5-3-4-11(14)8-12/h3-5,8,10H,6-7,9,14H2,1-2H3. The summed E-state index contributed by atoms with van der Waals surface area (Å²) in [5, 5.41) is 0. The number of hydrogen-bond donors (Lipinski definition) is 1. The lowest BCUT2D eigenvalue weighted by Gasteiger charge is -2.08. The smallest absolute Gasteiger partial charge is 0.344 e. The molecule has 0 amide bonds. The lowest BCUT2D eigenvalue weighted by atomic mass is 10.1. The zero-order valence-electron chi connectivity index (χ0n) is 10.3. The quantitative estimate of drug-likeness (QED) is 0.609. The summed E-state index contributed by atoms with van der Waals surface area (Å²) in [7, 11) is 0. The minimum absolute atomic E-state index is 0.0818. The Bertz CT molecular complexity index is 363. The zero-order valence-corrected chi connectivity index (χ0v) is 10.3. The van der Waals surface area contributed by atoms with Gasteiger partial charge in [0.05, 0.1) is 6.61 Å². The molecule has 17 heavy (non-hydrogen) atoms. The van der Waals surface area contributed by atoms with E-state index >= 15 is 0 Å². The van der Waals surface area contributed by atoms with Crippen LogP contribution in [-0.2, 0) is 9.53 Å². The first kappa shape index (κ1) is 13.4. The highest BCUT2D eigenvalue weighted by Crippen LogP contribution is 2.14. The SMILES string of the molecule is CC(C)CCOC(=O)COc1cccc(N)c1. The number of carbonyl (C=O) groups is 1. The Balaban J connectivity index is 2.24. The summed E-state index contributed by atoms with van der Waals surface area (Å²) in [5.41, 5.74) is 6.19. The number of anilines is 1. The Morgan fingerprint density at radius 1 is 1.41 bits per heavy atom. The second-order valence-electron chi connectivity index (χ2n) is 4.26. The molecule has 2 N–H and O–H groups in total. The van der Waals surface area contributed by atoms with Crippen LogP contribution in [0.15, 0.2) is 24.3 Å². The van der Waals surface area contributed by atoms with Crippen LogP contribution in [0.3, 0.4) is 0 Å². The summed E-state index contributed by atoms with van der Waals surface area (Å²) >= 11 is 0. The first-order valence-electron chi connectivity index (χ1n) is 5.72. The largest absolute Gasteiger partial charge is 0.482 e. The third kappa shape index (κ3) is 5.80. The Morgan fingerprint density at radius 2 is 2.18 bits per heavy atom. The summed E-state index contributed by atoms with van der Waals surface area (Å²) in [4.78, 5) is 11.3. The fourth-order valence-corrected chi connectivity index (χ4v) is 1.20. The number of carbonyl (C=O) groups excluding carboxylic acids is 1. The summed E-state index contributed by atoms with van der Waals surface area (Å²) in [5.74, 6) is 0.747. The molecule has 1 aromatic rings. The summed E-state index contributed by atoms with van der Waals surface area (Å²) in [6, 6.07) is 6.95. The molecule has 0 aliphatic rings. The molecule has 0 aliphatic heterocycles. The molecule has 0 bridgehead atoms. The van der Waals surface area contributed by atoms with E-state index in [2.05, 4.69) is 13.8 Å². The third-order valence-electron chi connectivity index (χ3n) is 2.17. The van der Waals surface area contributed by atoms with Crippen LogP contribution in [0.25, 0.3) is 0 Å². The molecule has 1 rings (SSSR count). The van der Waals surface area contributed by atoms with Gasteiger partial charge in [0.2, 0.25) is 0 Å². The minimum Gasteiger partial charge on any atom is -0.482 e. The van der Waals surface area contributed by atoms with Gasteiger partial charge >= 0.3 is 5.97 Å². The van der Waals surface area contributed by atoms with Gasteiger partial charge in [-0.3, -0.25) is 0 Å². The van der Waals surface area contributed by atoms with Crippen molar-refractivity contribution < 1.29 is 14.3 Å². The van der Waals surface area contributed by atoms with Gasteiger partial charge in [-0.15, -0.1) is 0 Å². The fourth-order valence-electron chi connectivity index (χ4n) is 1.20. The van der Waals surface area contributed by atoms with Crippen molar-refractivity contribution in [2.75, 3.05) is 18.9 Å². The maximum absolute atomic E-state index is 11.3. The van der Waals surface area contributed by atoms with E-state index in [9.17, 15) is 4.79 Å². The predicted molar refractivity (Wildman–Crippen MR) is 66.8 cm³/mol. The minimum atomic E-state index is -0.354. The Kier molecular flexibility index (Phi) is 5.33. The van der Waals surface area contributed by atoms with E-state index in [1.807, 2.05) is 0 Å². The molecule has 94 valence electrons. The van der Waals surface area contributed by atoms with Gasteiger partial charge in [0.15, 0.2) is 6.61 Å². The third-order valence-corrected chi connectivity index (χ3v) is 2.17. The van der Waals surface area contributed by atoms with Crippen molar-refractivity contribution in [1.29, 1.82) is 0 Å². The van der Waals surface area contributed by atoms with Gasteiger partial charge in [-0.1, -0.05) is 19.9 Å². The van der Waals surface area contributed by atoms with Crippen molar-refractivity contribution in [3.05, 3.63) is 24.3 Å². The second kappa shape index (κ2) is 6.78. The monoisotopic (exact) mass is 237 g/mol. The van der Waals surface area contributed by atoms with Crippen molar-refractivity contribution in [2.45, 2.75) is 20.3 Å². The molecule has 0 atom stereocenters. The molecule has 4 nitrogen and oxygen atoms in total. The van der Waals surface area contributed by atoms with E-state index in [0.29, 0.717) is 24.0 Å². The first-order valence-corrected chi connectivity index (χ1v) is 5.72. The number of nitrogen functional groups attached to an aromatic ring is 1. The van der Waals surface area contributed by atoms with Crippen molar-refractivity contribution in [2.24, 2.45) is 5.92 Å². The van der Waals surface area contributed by atoms with Crippen LogP contribution in [0.4, 0.5) is 5.69 Å². The maximum atomic E-state index is 11.3. The topological polar surface area (TPSA) is 61.5 Å². The molecule has 0 saturated heterocycles. The van der Waals surface area contributed by atoms with Crippen molar-refractivity contribution in [3.8, 4) is 5.75 Å². The average molecular weight is 237 g/mol. The van der Waals surface area contributed by atoms with Gasteiger partial charge in [0.1, 0.15) is 5.75 Å². The second-order valence-corrected chi connectivity index (χ2v) is 4.26. The van der Waals surface area contributed by atoms with Gasteiger partial charge in [0.25, 0.3) is 0 Å². The molecule has 0 saturated carbocycles. The van der Waals surface area contributed by atoms with Gasteiger partial charge in [0, 0.05) is 11.8 Å². The molecule has 0 aromatic heterocycles. The van der Waals surface area contributed by atoms with E-state index in [4.69, 9.17) is 15.2 Å². The van der Waals surface area contributed by atoms with Crippen molar-refractivity contribution in [3.63, 3.8) is 0 Å². The van der Waals surface area contributed by atoms with Gasteiger partial charge in [-0.05, 0) is 24.5 Å². The maximum Gasteiger partial charge on any atom is 0.344 e. The molecule has 0 heterocycles. The Hall–Kier alpha value is -1.71. The molecule has 0 spiro atoms.